The zero-order valence-electron chi connectivity index (χ0n) is 20.3. The maximum atomic E-state index is 13.6. The molecule has 3 aromatic rings. The smallest absolute Gasteiger partial charge is 0.282 e. The fourth-order valence-corrected chi connectivity index (χ4v) is 3.92. The Bertz CT molecular complexity index is 1230. The summed E-state index contributed by atoms with van der Waals surface area (Å²) in [6.07, 6.45) is 0. The normalized spacial score (nSPS) is 14.1. The highest BCUT2D eigenvalue weighted by Crippen LogP contribution is 2.35. The van der Waals surface area contributed by atoms with E-state index in [0.29, 0.717) is 29.2 Å². The van der Waals surface area contributed by atoms with Gasteiger partial charge in [-0.2, -0.15) is 0 Å². The van der Waals surface area contributed by atoms with E-state index in [1.165, 1.54) is 10.5 Å². The molecule has 0 spiro atoms. The van der Waals surface area contributed by atoms with Gasteiger partial charge in [0, 0.05) is 5.69 Å². The van der Waals surface area contributed by atoms with Crippen LogP contribution in [0.2, 0.25) is 0 Å². The van der Waals surface area contributed by atoms with Crippen LogP contribution in [0.3, 0.4) is 0 Å². The fraction of sp³-hybridized carbons (Fsp3) is 0.241. The predicted molar refractivity (Wildman–Crippen MR) is 137 cm³/mol. The first-order chi connectivity index (χ1) is 16.2. The first kappa shape index (κ1) is 23.3. The standard InChI is InChI=1S/C29H30N2O3/c1-6-34-24-17-9-20(10-18-24)25-26(30-22-13-11-21(12-14-22)29(3,4)5)28(33)31(27(25)32)23-15-7-19(2)8-16-23/h7-18,30H,6H2,1-5H3. The van der Waals surface area contributed by atoms with Gasteiger partial charge in [0.1, 0.15) is 11.4 Å². The van der Waals surface area contributed by atoms with Crippen molar-refractivity contribution in [1.82, 2.24) is 0 Å². The van der Waals surface area contributed by atoms with E-state index >= 15 is 0 Å². The highest BCUT2D eigenvalue weighted by atomic mass is 16.5. The summed E-state index contributed by atoms with van der Waals surface area (Å²) in [5.74, 6) is -0.0178. The second-order valence-corrected chi connectivity index (χ2v) is 9.44. The van der Waals surface area contributed by atoms with Crippen LogP contribution in [0.5, 0.6) is 5.75 Å². The molecule has 0 saturated heterocycles. The Morgan fingerprint density at radius 2 is 1.44 bits per heavy atom. The number of imide groups is 1. The van der Waals surface area contributed by atoms with Crippen LogP contribution in [0.4, 0.5) is 11.4 Å². The van der Waals surface area contributed by atoms with Crippen molar-refractivity contribution < 1.29 is 14.3 Å². The summed E-state index contributed by atoms with van der Waals surface area (Å²) in [6.45, 7) is 10.9. The molecule has 0 aromatic heterocycles. The van der Waals surface area contributed by atoms with E-state index in [9.17, 15) is 9.59 Å². The Labute approximate surface area is 201 Å². The molecule has 34 heavy (non-hydrogen) atoms. The average molecular weight is 455 g/mol. The summed E-state index contributed by atoms with van der Waals surface area (Å²) < 4.78 is 5.54. The topological polar surface area (TPSA) is 58.6 Å². The van der Waals surface area contributed by atoms with Gasteiger partial charge in [0.05, 0.1) is 17.9 Å². The second-order valence-electron chi connectivity index (χ2n) is 9.44. The summed E-state index contributed by atoms with van der Waals surface area (Å²) >= 11 is 0. The van der Waals surface area contributed by atoms with Crippen LogP contribution in [-0.2, 0) is 15.0 Å². The quantitative estimate of drug-likeness (QED) is 0.458. The van der Waals surface area contributed by atoms with E-state index in [1.807, 2.05) is 74.5 Å². The molecule has 0 saturated carbocycles. The minimum absolute atomic E-state index is 0.0205. The second kappa shape index (κ2) is 9.18. The highest BCUT2D eigenvalue weighted by molar-refractivity contribution is 6.46. The highest BCUT2D eigenvalue weighted by Gasteiger charge is 2.40. The molecule has 0 unspecified atom stereocenters. The molecule has 1 heterocycles. The van der Waals surface area contributed by atoms with Crippen LogP contribution < -0.4 is 15.0 Å². The van der Waals surface area contributed by atoms with Gasteiger partial charge in [-0.05, 0) is 66.8 Å². The zero-order valence-corrected chi connectivity index (χ0v) is 20.3. The van der Waals surface area contributed by atoms with Gasteiger partial charge in [0.15, 0.2) is 0 Å². The van der Waals surface area contributed by atoms with Gasteiger partial charge in [-0.25, -0.2) is 4.90 Å². The van der Waals surface area contributed by atoms with E-state index in [2.05, 4.69) is 26.1 Å². The van der Waals surface area contributed by atoms with Gasteiger partial charge in [-0.3, -0.25) is 9.59 Å². The van der Waals surface area contributed by atoms with Gasteiger partial charge >= 0.3 is 0 Å². The van der Waals surface area contributed by atoms with Crippen LogP contribution in [0, 0.1) is 6.92 Å². The van der Waals surface area contributed by atoms with E-state index in [4.69, 9.17) is 4.74 Å². The predicted octanol–water partition coefficient (Wildman–Crippen LogP) is 6.09. The van der Waals surface area contributed by atoms with Crippen molar-refractivity contribution in [1.29, 1.82) is 0 Å². The number of carbonyl (C=O) groups is 2. The maximum absolute atomic E-state index is 13.6. The van der Waals surface area contributed by atoms with Crippen LogP contribution in [0.15, 0.2) is 78.5 Å². The van der Waals surface area contributed by atoms with Crippen molar-refractivity contribution in [2.45, 2.75) is 40.0 Å². The van der Waals surface area contributed by atoms with Crippen molar-refractivity contribution in [3.8, 4) is 5.75 Å². The minimum atomic E-state index is -0.377. The lowest BCUT2D eigenvalue weighted by Gasteiger charge is -2.19. The van der Waals surface area contributed by atoms with Gasteiger partial charge < -0.3 is 10.1 Å². The number of amides is 2. The summed E-state index contributed by atoms with van der Waals surface area (Å²) in [6, 6.07) is 22.6. The molecule has 1 aliphatic heterocycles. The van der Waals surface area contributed by atoms with Crippen molar-refractivity contribution in [3.63, 3.8) is 0 Å². The Balaban J connectivity index is 1.75. The molecule has 3 aromatic carbocycles. The Morgan fingerprint density at radius 1 is 0.824 bits per heavy atom. The van der Waals surface area contributed by atoms with Gasteiger partial charge in [0.25, 0.3) is 11.8 Å². The first-order valence-corrected chi connectivity index (χ1v) is 11.5. The van der Waals surface area contributed by atoms with Crippen molar-refractivity contribution >= 4 is 28.8 Å². The van der Waals surface area contributed by atoms with E-state index in [0.717, 1.165) is 11.3 Å². The SMILES string of the molecule is CCOc1ccc(C2=C(Nc3ccc(C(C)(C)C)cc3)C(=O)N(c3ccc(C)cc3)C2=O)cc1. The third-order valence-corrected chi connectivity index (χ3v) is 5.85. The first-order valence-electron chi connectivity index (χ1n) is 11.5. The van der Waals surface area contributed by atoms with Crippen molar-refractivity contribution in [2.75, 3.05) is 16.8 Å². The fourth-order valence-electron chi connectivity index (χ4n) is 3.92. The molecule has 1 aliphatic rings. The van der Waals surface area contributed by atoms with Crippen LogP contribution in [0.25, 0.3) is 5.57 Å². The molecular formula is C29H30N2O3. The Morgan fingerprint density at radius 3 is 2.00 bits per heavy atom. The van der Waals surface area contributed by atoms with E-state index in [-0.39, 0.29) is 22.9 Å². The number of rotatable bonds is 6. The zero-order chi connectivity index (χ0) is 24.5. The monoisotopic (exact) mass is 454 g/mol. The van der Waals surface area contributed by atoms with Crippen LogP contribution in [-0.4, -0.2) is 18.4 Å². The number of ether oxygens (including phenoxy) is 1. The molecule has 2 amide bonds. The lowest BCUT2D eigenvalue weighted by atomic mass is 9.87. The molecule has 174 valence electrons. The molecule has 0 atom stereocenters. The third-order valence-electron chi connectivity index (χ3n) is 5.85. The summed E-state index contributed by atoms with van der Waals surface area (Å²) in [5.41, 5.74) is 4.82. The average Bonchev–Trinajstić information content (AvgIpc) is 3.04. The molecule has 0 fully saturated rings. The van der Waals surface area contributed by atoms with Crippen LogP contribution >= 0.6 is 0 Å². The number of benzene rings is 3. The number of nitrogens with zero attached hydrogens (tertiary/aromatic N) is 1. The molecule has 5 heteroatoms. The molecule has 1 N–H and O–H groups in total. The molecule has 5 nitrogen and oxygen atoms in total. The Kier molecular flexibility index (Phi) is 6.29. The molecule has 0 radical (unpaired) electrons. The number of aryl methyl sites for hydroxylation is 1. The van der Waals surface area contributed by atoms with E-state index in [1.54, 1.807) is 12.1 Å². The number of nitrogens with one attached hydrogen (secondary N) is 1. The summed E-state index contributed by atoms with van der Waals surface area (Å²) in [5, 5.41) is 3.24. The van der Waals surface area contributed by atoms with Gasteiger partial charge in [-0.15, -0.1) is 0 Å². The van der Waals surface area contributed by atoms with Crippen molar-refractivity contribution in [2.24, 2.45) is 0 Å². The summed E-state index contributed by atoms with van der Waals surface area (Å²) in [4.78, 5) is 28.4. The van der Waals surface area contributed by atoms with Gasteiger partial charge in [0.2, 0.25) is 0 Å². The molecule has 0 aliphatic carbocycles. The molecule has 0 bridgehead atoms. The third kappa shape index (κ3) is 4.60. The van der Waals surface area contributed by atoms with Crippen LogP contribution in [0.1, 0.15) is 44.4 Å². The number of carbonyl (C=O) groups excluding carboxylic acids is 2. The number of hydrogen-bond donors (Lipinski definition) is 1. The Hall–Kier alpha value is -3.86. The molecular weight excluding hydrogens is 424 g/mol. The van der Waals surface area contributed by atoms with Gasteiger partial charge in [-0.1, -0.05) is 62.7 Å². The lowest BCUT2D eigenvalue weighted by molar-refractivity contribution is -0.120. The largest absolute Gasteiger partial charge is 0.494 e. The number of anilines is 2. The molecule has 4 rings (SSSR count). The lowest BCUT2D eigenvalue weighted by Crippen LogP contribution is -2.32. The summed E-state index contributed by atoms with van der Waals surface area (Å²) in [7, 11) is 0. The van der Waals surface area contributed by atoms with Crippen molar-refractivity contribution in [3.05, 3.63) is 95.2 Å². The van der Waals surface area contributed by atoms with E-state index < -0.39 is 0 Å². The maximum Gasteiger partial charge on any atom is 0.282 e. The minimum Gasteiger partial charge on any atom is -0.494 e. The number of hydrogen-bond acceptors (Lipinski definition) is 4.